The highest BCUT2D eigenvalue weighted by molar-refractivity contribution is 7.11. The van der Waals surface area contributed by atoms with Gasteiger partial charge in [0.25, 0.3) is 11.8 Å². The molecule has 6 nitrogen and oxygen atoms in total. The van der Waals surface area contributed by atoms with Crippen LogP contribution < -0.4 is 10.2 Å². The molecule has 0 fully saturated rings. The number of carbonyl (C=O) groups is 2. The minimum atomic E-state index is -0.567. The number of methoxy groups -OCH3 is 1. The van der Waals surface area contributed by atoms with Crippen LogP contribution in [0.2, 0.25) is 0 Å². The second kappa shape index (κ2) is 9.16. The molecule has 0 spiro atoms. The van der Waals surface area contributed by atoms with Gasteiger partial charge in [-0.15, -0.1) is 11.3 Å². The first-order chi connectivity index (χ1) is 15.1. The fraction of sp³-hybridized carbons (Fsp3) is 0.167. The van der Waals surface area contributed by atoms with Crippen LogP contribution in [0, 0.1) is 0 Å². The van der Waals surface area contributed by atoms with Gasteiger partial charge in [-0.25, -0.2) is 5.48 Å². The van der Waals surface area contributed by atoms with Gasteiger partial charge in [-0.1, -0.05) is 24.3 Å². The fourth-order valence-corrected chi connectivity index (χ4v) is 4.32. The third-order valence-corrected chi connectivity index (χ3v) is 6.15. The molecule has 0 bridgehead atoms. The normalized spacial score (nSPS) is 13.5. The van der Waals surface area contributed by atoms with Crippen LogP contribution >= 0.6 is 11.3 Å². The van der Waals surface area contributed by atoms with Crippen molar-refractivity contribution in [3.8, 4) is 5.75 Å². The standard InChI is InChI=1S/C24H22N2O4S/c1-30-20-8-6-17(7-9-20)22(14-21-3-2-12-31-21)24(28)26-11-10-16-4-5-18(23(27)25-29)13-19(16)15-26/h2-9,12-14,29H,10-11,15H2,1H3,(H,25,27)/b22-14-. The molecule has 2 amide bonds. The maximum absolute atomic E-state index is 13.6. The van der Waals surface area contributed by atoms with E-state index in [0.717, 1.165) is 27.3 Å². The molecule has 0 atom stereocenters. The number of fused-ring (bicyclic) bond motifs is 1. The first-order valence-corrected chi connectivity index (χ1v) is 10.7. The first-order valence-electron chi connectivity index (χ1n) is 9.84. The molecule has 0 unspecified atom stereocenters. The molecule has 2 heterocycles. The molecule has 2 N–H and O–H groups in total. The van der Waals surface area contributed by atoms with Crippen molar-refractivity contribution in [1.29, 1.82) is 0 Å². The van der Waals surface area contributed by atoms with Crippen molar-refractivity contribution in [2.75, 3.05) is 13.7 Å². The van der Waals surface area contributed by atoms with Gasteiger partial charge >= 0.3 is 0 Å². The summed E-state index contributed by atoms with van der Waals surface area (Å²) in [4.78, 5) is 28.2. The molecule has 7 heteroatoms. The Hall–Kier alpha value is -3.42. The third-order valence-electron chi connectivity index (χ3n) is 5.33. The predicted octanol–water partition coefficient (Wildman–Crippen LogP) is 4.00. The molecule has 31 heavy (non-hydrogen) atoms. The number of nitrogens with zero attached hydrogens (tertiary/aromatic N) is 1. The molecule has 4 rings (SSSR count). The van der Waals surface area contributed by atoms with Gasteiger partial charge in [0, 0.05) is 29.1 Å². The van der Waals surface area contributed by atoms with Crippen LogP contribution in [-0.4, -0.2) is 35.6 Å². The van der Waals surface area contributed by atoms with E-state index in [0.29, 0.717) is 30.6 Å². The van der Waals surface area contributed by atoms with E-state index in [2.05, 4.69) is 0 Å². The Morgan fingerprint density at radius 3 is 2.55 bits per heavy atom. The summed E-state index contributed by atoms with van der Waals surface area (Å²) < 4.78 is 5.25. The zero-order valence-electron chi connectivity index (χ0n) is 17.0. The number of amides is 2. The van der Waals surface area contributed by atoms with E-state index < -0.39 is 5.91 Å². The minimum Gasteiger partial charge on any atom is -0.497 e. The predicted molar refractivity (Wildman–Crippen MR) is 120 cm³/mol. The maximum Gasteiger partial charge on any atom is 0.274 e. The molecule has 2 aromatic carbocycles. The molecule has 1 aliphatic rings. The van der Waals surface area contributed by atoms with Gasteiger partial charge in [0.15, 0.2) is 0 Å². The Balaban J connectivity index is 1.65. The quantitative estimate of drug-likeness (QED) is 0.361. The molecule has 158 valence electrons. The van der Waals surface area contributed by atoms with E-state index in [-0.39, 0.29) is 5.91 Å². The third kappa shape index (κ3) is 4.52. The number of benzene rings is 2. The smallest absolute Gasteiger partial charge is 0.274 e. The molecule has 0 aliphatic carbocycles. The second-order valence-corrected chi connectivity index (χ2v) is 8.18. The van der Waals surface area contributed by atoms with E-state index in [4.69, 9.17) is 9.94 Å². The van der Waals surface area contributed by atoms with E-state index in [9.17, 15) is 9.59 Å². The average molecular weight is 435 g/mol. The lowest BCUT2D eigenvalue weighted by Gasteiger charge is -2.30. The molecule has 3 aromatic rings. The van der Waals surface area contributed by atoms with Crippen LogP contribution in [0.1, 0.15) is 31.9 Å². The molecule has 1 aromatic heterocycles. The summed E-state index contributed by atoms with van der Waals surface area (Å²) in [6, 6.07) is 16.7. The van der Waals surface area contributed by atoms with Crippen LogP contribution in [0.3, 0.4) is 0 Å². The number of hydrogen-bond acceptors (Lipinski definition) is 5. The molecule has 0 saturated heterocycles. The van der Waals surface area contributed by atoms with Gasteiger partial charge in [0.2, 0.25) is 0 Å². The Morgan fingerprint density at radius 1 is 1.10 bits per heavy atom. The lowest BCUT2D eigenvalue weighted by molar-refractivity contribution is -0.125. The summed E-state index contributed by atoms with van der Waals surface area (Å²) >= 11 is 1.57. The van der Waals surface area contributed by atoms with Gasteiger partial charge in [0.1, 0.15) is 5.75 Å². The minimum absolute atomic E-state index is 0.0683. The summed E-state index contributed by atoms with van der Waals surface area (Å²) in [7, 11) is 1.61. The van der Waals surface area contributed by atoms with E-state index in [1.165, 1.54) is 0 Å². The summed E-state index contributed by atoms with van der Waals surface area (Å²) in [5.41, 5.74) is 5.46. The molecule has 0 radical (unpaired) electrons. The van der Waals surface area contributed by atoms with Gasteiger partial charge in [-0.3, -0.25) is 14.8 Å². The van der Waals surface area contributed by atoms with Gasteiger partial charge < -0.3 is 9.64 Å². The largest absolute Gasteiger partial charge is 0.497 e. The van der Waals surface area contributed by atoms with Gasteiger partial charge in [0.05, 0.1) is 7.11 Å². The van der Waals surface area contributed by atoms with Crippen molar-refractivity contribution < 1.29 is 19.5 Å². The van der Waals surface area contributed by atoms with Crippen LogP contribution in [0.5, 0.6) is 5.75 Å². The number of rotatable bonds is 5. The zero-order chi connectivity index (χ0) is 21.8. The number of hydrogen-bond donors (Lipinski definition) is 2. The lowest BCUT2D eigenvalue weighted by atomic mass is 9.95. The van der Waals surface area contributed by atoms with Crippen LogP contribution in [0.15, 0.2) is 60.0 Å². The fourth-order valence-electron chi connectivity index (χ4n) is 3.66. The van der Waals surface area contributed by atoms with Crippen molar-refractivity contribution in [2.24, 2.45) is 0 Å². The number of thiophene rings is 1. The van der Waals surface area contributed by atoms with Gasteiger partial charge in [-0.05, 0) is 64.9 Å². The van der Waals surface area contributed by atoms with E-state index in [1.807, 2.05) is 53.9 Å². The Labute approximate surface area is 184 Å². The van der Waals surface area contributed by atoms with Crippen molar-refractivity contribution in [3.05, 3.63) is 87.1 Å². The van der Waals surface area contributed by atoms with Crippen LogP contribution in [-0.2, 0) is 17.8 Å². The highest BCUT2D eigenvalue weighted by atomic mass is 32.1. The van der Waals surface area contributed by atoms with E-state index >= 15 is 0 Å². The second-order valence-electron chi connectivity index (χ2n) is 7.20. The Kier molecular flexibility index (Phi) is 6.16. The van der Waals surface area contributed by atoms with Crippen LogP contribution in [0.4, 0.5) is 0 Å². The number of carbonyl (C=O) groups excluding carboxylic acids is 2. The van der Waals surface area contributed by atoms with Crippen molar-refractivity contribution in [1.82, 2.24) is 10.4 Å². The summed E-state index contributed by atoms with van der Waals surface area (Å²) in [6.07, 6.45) is 2.62. The van der Waals surface area contributed by atoms with Gasteiger partial charge in [-0.2, -0.15) is 0 Å². The first kappa shape index (κ1) is 20.8. The monoisotopic (exact) mass is 434 g/mol. The molecular formula is C24H22N2O4S. The summed E-state index contributed by atoms with van der Waals surface area (Å²) in [6.45, 7) is 0.994. The Morgan fingerprint density at radius 2 is 1.87 bits per heavy atom. The van der Waals surface area contributed by atoms with Crippen molar-refractivity contribution in [3.63, 3.8) is 0 Å². The zero-order valence-corrected chi connectivity index (χ0v) is 17.8. The van der Waals surface area contributed by atoms with Crippen molar-refractivity contribution >= 4 is 34.8 Å². The number of ether oxygens (including phenoxy) is 1. The maximum atomic E-state index is 13.6. The Bertz CT molecular complexity index is 1120. The number of hydroxylamine groups is 1. The van der Waals surface area contributed by atoms with Crippen LogP contribution in [0.25, 0.3) is 11.6 Å². The summed E-state index contributed by atoms with van der Waals surface area (Å²) in [5, 5.41) is 10.9. The molecule has 0 saturated carbocycles. The highest BCUT2D eigenvalue weighted by Gasteiger charge is 2.25. The SMILES string of the molecule is COc1ccc(/C(=C/c2cccs2)C(=O)N2CCc3ccc(C(=O)NO)cc3C2)cc1. The lowest BCUT2D eigenvalue weighted by Crippen LogP contribution is -2.36. The van der Waals surface area contributed by atoms with E-state index in [1.54, 1.807) is 41.0 Å². The highest BCUT2D eigenvalue weighted by Crippen LogP contribution is 2.28. The number of nitrogens with one attached hydrogen (secondary N) is 1. The molecular weight excluding hydrogens is 412 g/mol. The summed E-state index contributed by atoms with van der Waals surface area (Å²) in [5.74, 6) is 0.0947. The topological polar surface area (TPSA) is 78.9 Å². The van der Waals surface area contributed by atoms with Crippen molar-refractivity contribution in [2.45, 2.75) is 13.0 Å². The average Bonchev–Trinajstić information content (AvgIpc) is 3.34. The molecule has 1 aliphatic heterocycles.